The molecule has 3 amide bonds. The zero-order chi connectivity index (χ0) is 28.2. The highest BCUT2D eigenvalue weighted by molar-refractivity contribution is 5.90. The summed E-state index contributed by atoms with van der Waals surface area (Å²) in [6, 6.07) is 12.4. The molecule has 2 aliphatic rings. The number of ether oxygens (including phenoxy) is 2. The molecule has 210 valence electrons. The number of nitrogens with zero attached hydrogens (tertiary/aromatic N) is 2. The summed E-state index contributed by atoms with van der Waals surface area (Å²) in [5.41, 5.74) is 2.16. The zero-order valence-electron chi connectivity index (χ0n) is 23.0. The van der Waals surface area contributed by atoms with Crippen molar-refractivity contribution in [3.8, 4) is 11.1 Å². The van der Waals surface area contributed by atoms with Crippen LogP contribution in [0.2, 0.25) is 0 Å². The summed E-state index contributed by atoms with van der Waals surface area (Å²) < 4.78 is 25.8. The molecule has 2 atom stereocenters. The van der Waals surface area contributed by atoms with Gasteiger partial charge < -0.3 is 25.0 Å². The lowest BCUT2D eigenvalue weighted by molar-refractivity contribution is -0.119. The maximum atomic E-state index is 15.0. The Labute approximate surface area is 228 Å². The molecule has 1 unspecified atom stereocenters. The third-order valence-corrected chi connectivity index (χ3v) is 6.68. The van der Waals surface area contributed by atoms with Crippen LogP contribution in [0.5, 0.6) is 0 Å². The number of carbonyl (C=O) groups is 3. The first-order valence-corrected chi connectivity index (χ1v) is 13.3. The normalized spacial score (nSPS) is 19.3. The van der Waals surface area contributed by atoms with Crippen molar-refractivity contribution < 1.29 is 28.2 Å². The third-order valence-electron chi connectivity index (χ3n) is 6.68. The molecular weight excluding hydrogens is 503 g/mol. The molecule has 10 heteroatoms. The largest absolute Gasteiger partial charge is 0.444 e. The van der Waals surface area contributed by atoms with Crippen LogP contribution in [0.25, 0.3) is 11.1 Å². The molecule has 0 aliphatic carbocycles. The number of benzene rings is 2. The second kappa shape index (κ2) is 12.0. The Morgan fingerprint density at radius 1 is 1.10 bits per heavy atom. The topological polar surface area (TPSA) is 100 Å². The molecule has 0 bridgehead atoms. The van der Waals surface area contributed by atoms with E-state index in [0.717, 1.165) is 24.1 Å². The van der Waals surface area contributed by atoms with Crippen LogP contribution >= 0.6 is 0 Å². The van der Waals surface area contributed by atoms with Crippen molar-refractivity contribution in [3.05, 3.63) is 53.8 Å². The number of rotatable bonds is 8. The molecule has 39 heavy (non-hydrogen) atoms. The summed E-state index contributed by atoms with van der Waals surface area (Å²) in [7, 11) is 0. The van der Waals surface area contributed by atoms with Gasteiger partial charge >= 0.3 is 12.2 Å². The molecule has 2 saturated heterocycles. The Kier molecular flexibility index (Phi) is 8.74. The van der Waals surface area contributed by atoms with Gasteiger partial charge in [-0.2, -0.15) is 0 Å². The fourth-order valence-electron chi connectivity index (χ4n) is 4.72. The van der Waals surface area contributed by atoms with E-state index in [1.165, 1.54) is 17.9 Å². The number of anilines is 1. The molecule has 2 heterocycles. The summed E-state index contributed by atoms with van der Waals surface area (Å²) in [6.45, 7) is 10.3. The maximum Gasteiger partial charge on any atom is 0.414 e. The minimum absolute atomic E-state index is 0.206. The van der Waals surface area contributed by atoms with E-state index in [-0.39, 0.29) is 25.1 Å². The van der Waals surface area contributed by atoms with E-state index in [1.54, 1.807) is 17.0 Å². The van der Waals surface area contributed by atoms with Crippen LogP contribution in [0.1, 0.15) is 39.7 Å². The fraction of sp³-hybridized carbons (Fsp3) is 0.483. The zero-order valence-corrected chi connectivity index (χ0v) is 23.0. The smallest absolute Gasteiger partial charge is 0.414 e. The molecule has 2 aliphatic heterocycles. The van der Waals surface area contributed by atoms with E-state index < -0.39 is 23.6 Å². The summed E-state index contributed by atoms with van der Waals surface area (Å²) in [4.78, 5) is 38.7. The molecular formula is C29H37FN4O5. The van der Waals surface area contributed by atoms with Crippen molar-refractivity contribution in [2.45, 2.75) is 52.4 Å². The monoisotopic (exact) mass is 540 g/mol. The first-order chi connectivity index (χ1) is 18.5. The Morgan fingerprint density at radius 2 is 1.85 bits per heavy atom. The molecule has 2 aromatic carbocycles. The van der Waals surface area contributed by atoms with Gasteiger partial charge in [-0.05, 0) is 62.4 Å². The van der Waals surface area contributed by atoms with Gasteiger partial charge in [0.15, 0.2) is 0 Å². The van der Waals surface area contributed by atoms with Crippen LogP contribution in [0.15, 0.2) is 42.5 Å². The van der Waals surface area contributed by atoms with Crippen LogP contribution < -0.4 is 15.5 Å². The highest BCUT2D eigenvalue weighted by Gasteiger charge is 2.33. The quantitative estimate of drug-likeness (QED) is 0.518. The summed E-state index contributed by atoms with van der Waals surface area (Å²) in [6.07, 6.45) is -0.370. The van der Waals surface area contributed by atoms with Crippen LogP contribution in [0, 0.1) is 11.7 Å². The lowest BCUT2D eigenvalue weighted by Crippen LogP contribution is -2.36. The number of carbonyl (C=O) groups excluding carboxylic acids is 3. The molecule has 0 radical (unpaired) electrons. The van der Waals surface area contributed by atoms with Crippen molar-refractivity contribution >= 4 is 23.8 Å². The lowest BCUT2D eigenvalue weighted by atomic mass is 10.0. The predicted molar refractivity (Wildman–Crippen MR) is 146 cm³/mol. The van der Waals surface area contributed by atoms with E-state index in [4.69, 9.17) is 9.47 Å². The maximum absolute atomic E-state index is 15.0. The van der Waals surface area contributed by atoms with Crippen molar-refractivity contribution in [1.29, 1.82) is 0 Å². The highest BCUT2D eigenvalue weighted by atomic mass is 19.1. The second-order valence-corrected chi connectivity index (χ2v) is 11.1. The van der Waals surface area contributed by atoms with Gasteiger partial charge in [-0.25, -0.2) is 14.0 Å². The first-order valence-electron chi connectivity index (χ1n) is 13.3. The third kappa shape index (κ3) is 7.69. The summed E-state index contributed by atoms with van der Waals surface area (Å²) in [5.74, 6) is -0.271. The lowest BCUT2D eigenvalue weighted by Gasteiger charge is -2.24. The number of cyclic esters (lactones) is 1. The van der Waals surface area contributed by atoms with E-state index >= 15 is 4.39 Å². The van der Waals surface area contributed by atoms with E-state index in [1.807, 2.05) is 45.0 Å². The molecule has 2 aromatic rings. The number of amides is 3. The Balaban J connectivity index is 1.27. The first kappa shape index (κ1) is 28.4. The van der Waals surface area contributed by atoms with Gasteiger partial charge in [-0.3, -0.25) is 9.69 Å². The molecule has 2 fully saturated rings. The van der Waals surface area contributed by atoms with Crippen molar-refractivity contribution in [2.24, 2.45) is 5.92 Å². The SMILES string of the molecule is CC(=O)NC[C@H]1CN(c2ccc(-c3ccc(CNCC4CCN(C(=O)OC(C)(C)C)C4)cc3)c(F)c2)C(=O)O1. The molecule has 4 rings (SSSR count). The van der Waals surface area contributed by atoms with Crippen molar-refractivity contribution in [3.63, 3.8) is 0 Å². The van der Waals surface area contributed by atoms with E-state index in [0.29, 0.717) is 36.8 Å². The Morgan fingerprint density at radius 3 is 2.51 bits per heavy atom. The summed E-state index contributed by atoms with van der Waals surface area (Å²) in [5, 5.41) is 6.08. The number of hydrogen-bond acceptors (Lipinski definition) is 6. The average molecular weight is 541 g/mol. The van der Waals surface area contributed by atoms with Crippen LogP contribution in [-0.4, -0.2) is 67.4 Å². The fourth-order valence-corrected chi connectivity index (χ4v) is 4.72. The van der Waals surface area contributed by atoms with Gasteiger partial charge in [0.1, 0.15) is 17.5 Å². The molecule has 9 nitrogen and oxygen atoms in total. The highest BCUT2D eigenvalue weighted by Crippen LogP contribution is 2.29. The standard InChI is InChI=1S/C29H37FN4O5/c1-19(35)32-16-24-18-34(28(37)38-24)23-9-10-25(26(30)13-23)22-7-5-20(6-8-22)14-31-15-21-11-12-33(17-21)27(36)39-29(2,3)4/h5-10,13,21,24,31H,11-12,14-18H2,1-4H3,(H,32,35)/t21?,24-/m0/s1. The van der Waals surface area contributed by atoms with Crippen LogP contribution in [-0.2, 0) is 20.8 Å². The minimum atomic E-state index is -0.565. The second-order valence-electron chi connectivity index (χ2n) is 11.1. The van der Waals surface area contributed by atoms with Gasteiger partial charge in [-0.1, -0.05) is 24.3 Å². The number of hydrogen-bond donors (Lipinski definition) is 2. The molecule has 0 aromatic heterocycles. The van der Waals surface area contributed by atoms with Gasteiger partial charge in [0.05, 0.1) is 18.8 Å². The number of likely N-dealkylation sites (tertiary alicyclic amines) is 1. The van der Waals surface area contributed by atoms with Gasteiger partial charge in [0.2, 0.25) is 5.91 Å². The van der Waals surface area contributed by atoms with Gasteiger partial charge in [0.25, 0.3) is 0 Å². The van der Waals surface area contributed by atoms with E-state index in [9.17, 15) is 14.4 Å². The predicted octanol–water partition coefficient (Wildman–Crippen LogP) is 4.30. The molecule has 0 saturated carbocycles. The average Bonchev–Trinajstić information content (AvgIpc) is 3.49. The van der Waals surface area contributed by atoms with Gasteiger partial charge in [0, 0.05) is 38.7 Å². The van der Waals surface area contributed by atoms with Crippen molar-refractivity contribution in [2.75, 3.05) is 37.6 Å². The summed E-state index contributed by atoms with van der Waals surface area (Å²) >= 11 is 0. The Bertz CT molecular complexity index is 1200. The minimum Gasteiger partial charge on any atom is -0.444 e. The van der Waals surface area contributed by atoms with Crippen LogP contribution in [0.3, 0.4) is 0 Å². The molecule has 0 spiro atoms. The van der Waals surface area contributed by atoms with Crippen LogP contribution in [0.4, 0.5) is 19.7 Å². The number of nitrogens with one attached hydrogen (secondary N) is 2. The van der Waals surface area contributed by atoms with E-state index in [2.05, 4.69) is 10.6 Å². The van der Waals surface area contributed by atoms with Gasteiger partial charge in [-0.15, -0.1) is 0 Å². The van der Waals surface area contributed by atoms with Crippen molar-refractivity contribution in [1.82, 2.24) is 15.5 Å². The Hall–Kier alpha value is -3.66. The number of halogens is 1. The molecule has 2 N–H and O–H groups in total.